The van der Waals surface area contributed by atoms with Crippen molar-refractivity contribution in [1.82, 2.24) is 4.90 Å². The van der Waals surface area contributed by atoms with E-state index in [2.05, 4.69) is 0 Å². The van der Waals surface area contributed by atoms with Gasteiger partial charge in [0.15, 0.2) is 11.5 Å². The predicted octanol–water partition coefficient (Wildman–Crippen LogP) is 4.46. The van der Waals surface area contributed by atoms with Gasteiger partial charge < -0.3 is 24.2 Å². The van der Waals surface area contributed by atoms with Crippen molar-refractivity contribution in [3.8, 4) is 11.5 Å². The fourth-order valence-electron chi connectivity index (χ4n) is 4.53. The zero-order valence-electron chi connectivity index (χ0n) is 21.7. The molecule has 8 heteroatoms. The highest BCUT2D eigenvalue weighted by Gasteiger charge is 2.45. The molecule has 0 aromatic heterocycles. The number of rotatable bonds is 8. The van der Waals surface area contributed by atoms with Gasteiger partial charge in [0, 0.05) is 12.1 Å². The Balaban J connectivity index is 1.75. The Kier molecular flexibility index (Phi) is 7.81. The van der Waals surface area contributed by atoms with Crippen LogP contribution in [-0.2, 0) is 20.7 Å². The summed E-state index contributed by atoms with van der Waals surface area (Å²) in [6.07, 6.45) is 0.425. The number of amides is 1. The topological polar surface area (TPSA) is 102 Å². The predicted molar refractivity (Wildman–Crippen MR) is 141 cm³/mol. The van der Waals surface area contributed by atoms with Crippen LogP contribution in [0.15, 0.2) is 72.3 Å². The number of Topliss-reactive ketones (excluding diaryl/α,β-unsaturated/α-hetero) is 1. The second-order valence-corrected chi connectivity index (χ2v) is 8.91. The number of benzene rings is 3. The molecule has 1 aliphatic heterocycles. The van der Waals surface area contributed by atoms with Crippen LogP contribution in [-0.4, -0.2) is 55.5 Å². The van der Waals surface area contributed by atoms with Crippen LogP contribution in [0.5, 0.6) is 11.5 Å². The van der Waals surface area contributed by atoms with Crippen LogP contribution in [0.3, 0.4) is 0 Å². The highest BCUT2D eigenvalue weighted by molar-refractivity contribution is 6.46. The van der Waals surface area contributed by atoms with Crippen LogP contribution in [0.2, 0.25) is 0 Å². The molecular weight excluding hydrogens is 486 g/mol. The molecule has 0 radical (unpaired) electrons. The van der Waals surface area contributed by atoms with Crippen LogP contribution in [0.25, 0.3) is 5.76 Å². The van der Waals surface area contributed by atoms with Gasteiger partial charge in [-0.05, 0) is 48.7 Å². The number of ketones is 1. The van der Waals surface area contributed by atoms with Gasteiger partial charge in [0.25, 0.3) is 11.7 Å². The summed E-state index contributed by atoms with van der Waals surface area (Å²) >= 11 is 0. The third-order valence-corrected chi connectivity index (χ3v) is 6.60. The smallest absolute Gasteiger partial charge is 0.337 e. The fourth-order valence-corrected chi connectivity index (χ4v) is 4.53. The molecule has 1 fully saturated rings. The molecule has 1 saturated heterocycles. The quantitative estimate of drug-likeness (QED) is 0.204. The number of likely N-dealkylation sites (tertiary alicyclic amines) is 1. The number of aliphatic hydroxyl groups excluding tert-OH is 1. The lowest BCUT2D eigenvalue weighted by Crippen LogP contribution is -2.31. The maximum Gasteiger partial charge on any atom is 0.337 e. The normalized spacial score (nSPS) is 16.4. The first-order valence-corrected chi connectivity index (χ1v) is 12.0. The first-order valence-electron chi connectivity index (χ1n) is 12.0. The van der Waals surface area contributed by atoms with Crippen LogP contribution in [0.4, 0.5) is 0 Å². The summed E-state index contributed by atoms with van der Waals surface area (Å²) in [6.45, 7) is 2.12. The Morgan fingerprint density at radius 3 is 2.11 bits per heavy atom. The molecule has 3 aromatic rings. The Hall–Kier alpha value is -4.59. The van der Waals surface area contributed by atoms with E-state index in [0.717, 1.165) is 11.1 Å². The van der Waals surface area contributed by atoms with Gasteiger partial charge in [-0.3, -0.25) is 9.59 Å². The highest BCUT2D eigenvalue weighted by Crippen LogP contribution is 2.40. The van der Waals surface area contributed by atoms with Gasteiger partial charge in [0.2, 0.25) is 0 Å². The molecule has 1 amide bonds. The summed E-state index contributed by atoms with van der Waals surface area (Å²) in [5.41, 5.74) is 3.21. The maximum atomic E-state index is 13.3. The number of hydrogen-bond donors (Lipinski definition) is 1. The summed E-state index contributed by atoms with van der Waals surface area (Å²) in [5, 5.41) is 11.2. The fraction of sp³-hybridized carbons (Fsp3) is 0.233. The van der Waals surface area contributed by atoms with E-state index in [0.29, 0.717) is 34.6 Å². The Bertz CT molecular complexity index is 1390. The molecule has 3 aromatic carbocycles. The minimum Gasteiger partial charge on any atom is -0.507 e. The van der Waals surface area contributed by atoms with Gasteiger partial charge in [0.1, 0.15) is 5.76 Å². The van der Waals surface area contributed by atoms with E-state index in [-0.39, 0.29) is 17.9 Å². The highest BCUT2D eigenvalue weighted by atomic mass is 16.5. The number of methoxy groups -OCH3 is 3. The Morgan fingerprint density at radius 1 is 0.868 bits per heavy atom. The molecule has 1 N–H and O–H groups in total. The molecule has 0 unspecified atom stereocenters. The first kappa shape index (κ1) is 26.5. The van der Waals surface area contributed by atoms with E-state index < -0.39 is 23.7 Å². The van der Waals surface area contributed by atoms with Crippen molar-refractivity contribution in [2.75, 3.05) is 27.9 Å². The number of hydrogen-bond acceptors (Lipinski definition) is 7. The molecule has 38 heavy (non-hydrogen) atoms. The lowest BCUT2D eigenvalue weighted by molar-refractivity contribution is -0.139. The van der Waals surface area contributed by atoms with Crippen LogP contribution in [0, 0.1) is 6.92 Å². The summed E-state index contributed by atoms with van der Waals surface area (Å²) in [6, 6.07) is 18.1. The third-order valence-electron chi connectivity index (χ3n) is 6.60. The summed E-state index contributed by atoms with van der Waals surface area (Å²) in [7, 11) is 4.39. The molecule has 196 valence electrons. The third kappa shape index (κ3) is 5.11. The SMILES string of the molecule is COC(=O)c1ccc([C@H]2C(=C(O)c3ccc(C)cc3)C(=O)C(=O)N2CCc2ccc(OC)c(OC)c2)cc1. The summed E-state index contributed by atoms with van der Waals surface area (Å²) in [4.78, 5) is 39.9. The lowest BCUT2D eigenvalue weighted by Gasteiger charge is -2.25. The van der Waals surface area contributed by atoms with E-state index in [1.165, 1.54) is 12.0 Å². The average Bonchev–Trinajstić information content (AvgIpc) is 3.20. The van der Waals surface area contributed by atoms with Crippen molar-refractivity contribution < 1.29 is 33.7 Å². The minimum atomic E-state index is -0.844. The van der Waals surface area contributed by atoms with E-state index in [1.807, 2.05) is 31.2 Å². The summed E-state index contributed by atoms with van der Waals surface area (Å²) < 4.78 is 15.5. The van der Waals surface area contributed by atoms with Crippen molar-refractivity contribution in [2.45, 2.75) is 19.4 Å². The largest absolute Gasteiger partial charge is 0.507 e. The number of carbonyl (C=O) groups excluding carboxylic acids is 3. The van der Waals surface area contributed by atoms with Crippen molar-refractivity contribution in [3.63, 3.8) is 0 Å². The molecule has 0 aliphatic carbocycles. The molecule has 1 aliphatic rings. The zero-order valence-corrected chi connectivity index (χ0v) is 21.7. The van der Waals surface area contributed by atoms with Crippen molar-refractivity contribution in [3.05, 3.63) is 100 Å². The number of nitrogens with zero attached hydrogens (tertiary/aromatic N) is 1. The van der Waals surface area contributed by atoms with Gasteiger partial charge in [-0.2, -0.15) is 0 Å². The lowest BCUT2D eigenvalue weighted by atomic mass is 9.94. The van der Waals surface area contributed by atoms with Gasteiger partial charge >= 0.3 is 5.97 Å². The zero-order chi connectivity index (χ0) is 27.4. The second kappa shape index (κ2) is 11.2. The molecular formula is C30H29NO7. The number of aryl methyl sites for hydroxylation is 1. The minimum absolute atomic E-state index is 0.00279. The molecule has 0 spiro atoms. The number of aliphatic hydroxyl groups is 1. The van der Waals surface area contributed by atoms with E-state index >= 15 is 0 Å². The van der Waals surface area contributed by atoms with Gasteiger partial charge in [-0.1, -0.05) is 48.0 Å². The molecule has 0 bridgehead atoms. The second-order valence-electron chi connectivity index (χ2n) is 8.91. The van der Waals surface area contributed by atoms with E-state index in [4.69, 9.17) is 14.2 Å². The van der Waals surface area contributed by atoms with Gasteiger partial charge in [0.05, 0.1) is 38.5 Å². The number of esters is 1. The number of ether oxygens (including phenoxy) is 3. The van der Waals surface area contributed by atoms with Crippen molar-refractivity contribution in [1.29, 1.82) is 0 Å². The van der Waals surface area contributed by atoms with E-state index in [1.54, 1.807) is 56.7 Å². The Labute approximate surface area is 221 Å². The van der Waals surface area contributed by atoms with Crippen molar-refractivity contribution in [2.24, 2.45) is 0 Å². The standard InChI is InChI=1S/C30H29NO7/c1-18-5-8-21(9-6-18)27(32)25-26(20-10-12-22(13-11-20)30(35)38-4)31(29(34)28(25)33)16-15-19-7-14-23(36-2)24(17-19)37-3/h5-14,17,26,32H,15-16H2,1-4H3/t26-/m0/s1. The number of carbonyl (C=O) groups is 3. The maximum absolute atomic E-state index is 13.3. The Morgan fingerprint density at radius 2 is 1.50 bits per heavy atom. The summed E-state index contributed by atoms with van der Waals surface area (Å²) in [5.74, 6) is -1.09. The van der Waals surface area contributed by atoms with Crippen LogP contribution < -0.4 is 9.47 Å². The molecule has 1 heterocycles. The van der Waals surface area contributed by atoms with Crippen LogP contribution >= 0.6 is 0 Å². The molecule has 0 saturated carbocycles. The van der Waals surface area contributed by atoms with Crippen molar-refractivity contribution >= 4 is 23.4 Å². The molecule has 8 nitrogen and oxygen atoms in total. The first-order chi connectivity index (χ1) is 18.3. The molecule has 4 rings (SSSR count). The van der Waals surface area contributed by atoms with Gasteiger partial charge in [-0.15, -0.1) is 0 Å². The monoisotopic (exact) mass is 515 g/mol. The average molecular weight is 516 g/mol. The molecule has 1 atom stereocenters. The van der Waals surface area contributed by atoms with E-state index in [9.17, 15) is 19.5 Å². The van der Waals surface area contributed by atoms with Crippen LogP contribution in [0.1, 0.15) is 38.7 Å². The van der Waals surface area contributed by atoms with Gasteiger partial charge in [-0.25, -0.2) is 4.79 Å².